The van der Waals surface area contributed by atoms with Crippen molar-refractivity contribution in [1.82, 2.24) is 0 Å². The first-order valence-corrected chi connectivity index (χ1v) is 7.79. The Balaban J connectivity index is 0.00000196. The van der Waals surface area contributed by atoms with Crippen LogP contribution in [0.5, 0.6) is 0 Å². The summed E-state index contributed by atoms with van der Waals surface area (Å²) in [4.78, 5) is 11.6. The second-order valence-electron chi connectivity index (χ2n) is 5.96. The number of anilines is 2. The monoisotopic (exact) mass is 355 g/mol. The van der Waals surface area contributed by atoms with E-state index in [-0.39, 0.29) is 5.48 Å². The van der Waals surface area contributed by atoms with Gasteiger partial charge >= 0.3 is 0 Å². The maximum atomic E-state index is 11.6. The summed E-state index contributed by atoms with van der Waals surface area (Å²) < 4.78 is 1.56. The number of aliphatic hydroxyl groups excluding tert-OH is 1. The minimum absolute atomic E-state index is 0. The second kappa shape index (κ2) is 6.21. The molecule has 0 radical (unpaired) electrons. The van der Waals surface area contributed by atoms with E-state index in [0.717, 1.165) is 10.6 Å². The van der Waals surface area contributed by atoms with Gasteiger partial charge in [-0.05, 0) is 38.1 Å². The van der Waals surface area contributed by atoms with Crippen molar-refractivity contribution in [2.24, 2.45) is 5.22 Å². The van der Waals surface area contributed by atoms with Crippen LogP contribution in [-0.4, -0.2) is 26.5 Å². The molecule has 0 saturated heterocycles. The lowest BCUT2D eigenvalue weighted by Crippen LogP contribution is -2.37. The van der Waals surface area contributed by atoms with Gasteiger partial charge < -0.3 is 10.6 Å². The Morgan fingerprint density at radius 1 is 1.15 bits per heavy atom. The summed E-state index contributed by atoms with van der Waals surface area (Å²) in [6.45, 7) is 3.58. The van der Waals surface area contributed by atoms with Crippen molar-refractivity contribution >= 4 is 17.1 Å². The fourth-order valence-corrected chi connectivity index (χ4v) is 3.15. The highest BCUT2D eigenvalue weighted by Gasteiger charge is 2.49. The van der Waals surface area contributed by atoms with Crippen molar-refractivity contribution < 1.29 is 20.3 Å². The molecule has 0 amide bonds. The summed E-state index contributed by atoms with van der Waals surface area (Å²) in [5.74, 6) is 0. The first-order chi connectivity index (χ1) is 12.0. The molecular formula is C17H17N5O4. The van der Waals surface area contributed by atoms with Crippen molar-refractivity contribution in [2.75, 3.05) is 10.0 Å². The summed E-state index contributed by atoms with van der Waals surface area (Å²) in [6, 6.07) is 14.5. The van der Waals surface area contributed by atoms with Gasteiger partial charge in [-0.3, -0.25) is 0 Å². The fourth-order valence-electron chi connectivity index (χ4n) is 3.15. The molecule has 2 heterocycles. The third-order valence-corrected chi connectivity index (χ3v) is 4.38. The maximum Gasteiger partial charge on any atom is 0.289 e. The zero-order valence-corrected chi connectivity index (χ0v) is 14.1. The third-order valence-electron chi connectivity index (χ3n) is 4.38. The van der Waals surface area contributed by atoms with E-state index in [1.165, 1.54) is 5.01 Å². The molecule has 9 heteroatoms. The number of nitrogens with zero attached hydrogens (tertiary/aromatic N) is 5. The number of hydrazine groups is 1. The van der Waals surface area contributed by atoms with E-state index in [4.69, 9.17) is 0 Å². The average Bonchev–Trinajstić information content (AvgIpc) is 2.94. The number of hydrogen-bond donors (Lipinski definition) is 1. The van der Waals surface area contributed by atoms with Gasteiger partial charge in [-0.2, -0.15) is 0 Å². The molecule has 0 fully saturated rings. The van der Waals surface area contributed by atoms with Gasteiger partial charge in [0.25, 0.3) is 6.23 Å². The molecule has 0 bridgehead atoms. The molecule has 1 atom stereocenters. The molecule has 2 aromatic carbocycles. The van der Waals surface area contributed by atoms with Gasteiger partial charge in [0.1, 0.15) is 5.70 Å². The quantitative estimate of drug-likeness (QED) is 0.503. The third kappa shape index (κ3) is 2.41. The van der Waals surface area contributed by atoms with Crippen LogP contribution in [-0.2, 0) is 0 Å². The lowest BCUT2D eigenvalue weighted by molar-refractivity contribution is -0.503. The van der Waals surface area contributed by atoms with E-state index in [1.54, 1.807) is 35.9 Å². The number of rotatable bonds is 2. The maximum absolute atomic E-state index is 11.6. The molecule has 0 aromatic heterocycles. The van der Waals surface area contributed by atoms with E-state index in [2.05, 4.69) is 5.22 Å². The predicted molar refractivity (Wildman–Crippen MR) is 92.6 cm³/mol. The summed E-state index contributed by atoms with van der Waals surface area (Å²) in [6.07, 6.45) is -1.11. The molecule has 2 N–H and O–H groups in total. The topological polar surface area (TPSA) is 115 Å². The van der Waals surface area contributed by atoms with E-state index >= 15 is 0 Å². The number of hydrogen-bond acceptors (Lipinski definition) is 6. The highest BCUT2D eigenvalue weighted by atomic mass is 16.7. The van der Waals surface area contributed by atoms with E-state index < -0.39 is 11.3 Å². The van der Waals surface area contributed by atoms with Crippen LogP contribution in [0.25, 0.3) is 0 Å². The van der Waals surface area contributed by atoms with Gasteiger partial charge in [-0.1, -0.05) is 44.5 Å². The van der Waals surface area contributed by atoms with Gasteiger partial charge in [0.2, 0.25) is 5.70 Å². The number of allylic oxidation sites excluding steroid dienone is 1. The zero-order valence-electron chi connectivity index (χ0n) is 14.1. The van der Waals surface area contributed by atoms with E-state index in [0.29, 0.717) is 28.5 Å². The van der Waals surface area contributed by atoms with Crippen molar-refractivity contribution in [2.45, 2.75) is 20.1 Å². The summed E-state index contributed by atoms with van der Waals surface area (Å²) in [5, 5.41) is 28.8. The van der Waals surface area contributed by atoms with Crippen molar-refractivity contribution in [1.29, 1.82) is 0 Å². The number of para-hydroxylation sites is 2. The molecule has 0 aliphatic carbocycles. The SMILES string of the molecule is CC1=C2C(O)N(c3ccc(C)cc3)N=[N+]2c2ccccc2N1[N+](=O)[O-].[OH-]. The fraction of sp³-hybridized carbons (Fsp3) is 0.176. The van der Waals surface area contributed by atoms with E-state index in [9.17, 15) is 15.2 Å². The average molecular weight is 355 g/mol. The minimum Gasteiger partial charge on any atom is -0.870 e. The standard InChI is InChI=1S/C17H16N5O3.H2O/c1-11-7-9-13(10-8-11)19-17(23)16-12(2)21(22(24)25)15-6-4-3-5-14(15)20(16)18-19;/h3-10,17,23H,1-2H3;1H2/q+1;/p-1. The van der Waals surface area contributed by atoms with Crippen molar-refractivity contribution in [3.05, 3.63) is 75.6 Å². The first kappa shape index (κ1) is 17.5. The van der Waals surface area contributed by atoms with Gasteiger partial charge in [0.05, 0.1) is 5.22 Å². The van der Waals surface area contributed by atoms with Crippen LogP contribution in [0.1, 0.15) is 12.5 Å². The number of nitro groups is 1. The number of fused-ring (bicyclic) bond motifs is 3. The van der Waals surface area contributed by atoms with Crippen LogP contribution >= 0.6 is 0 Å². The van der Waals surface area contributed by atoms with Crippen LogP contribution < -0.4 is 10.0 Å². The molecular weight excluding hydrogens is 338 g/mol. The molecule has 0 saturated carbocycles. The Kier molecular flexibility index (Phi) is 4.18. The largest absolute Gasteiger partial charge is 0.870 e. The van der Waals surface area contributed by atoms with Crippen LogP contribution in [0.3, 0.4) is 0 Å². The van der Waals surface area contributed by atoms with Crippen LogP contribution in [0, 0.1) is 17.0 Å². The van der Waals surface area contributed by atoms with Crippen LogP contribution in [0.15, 0.2) is 65.1 Å². The summed E-state index contributed by atoms with van der Waals surface area (Å²) in [7, 11) is 0. The van der Waals surface area contributed by atoms with Crippen molar-refractivity contribution in [3.63, 3.8) is 0 Å². The van der Waals surface area contributed by atoms with Gasteiger partial charge in [-0.15, -0.1) is 0 Å². The highest BCUT2D eigenvalue weighted by molar-refractivity contribution is 5.67. The first-order valence-electron chi connectivity index (χ1n) is 7.79. The lowest BCUT2D eigenvalue weighted by Gasteiger charge is -2.22. The molecule has 2 aromatic rings. The van der Waals surface area contributed by atoms with Crippen molar-refractivity contribution in [3.8, 4) is 0 Å². The second-order valence-corrected chi connectivity index (χ2v) is 5.96. The molecule has 134 valence electrons. The Bertz CT molecular complexity index is 938. The molecule has 0 spiro atoms. The summed E-state index contributed by atoms with van der Waals surface area (Å²) >= 11 is 0. The minimum atomic E-state index is -1.11. The molecule has 26 heavy (non-hydrogen) atoms. The van der Waals surface area contributed by atoms with Gasteiger partial charge in [-0.25, -0.2) is 10.1 Å². The van der Waals surface area contributed by atoms with Crippen LogP contribution in [0.2, 0.25) is 0 Å². The molecule has 4 rings (SSSR count). The molecule has 9 nitrogen and oxygen atoms in total. The molecule has 2 aliphatic heterocycles. The van der Waals surface area contributed by atoms with Crippen LogP contribution in [0.4, 0.5) is 17.1 Å². The Hall–Kier alpha value is -3.30. The number of aliphatic hydroxyl groups is 1. The van der Waals surface area contributed by atoms with E-state index in [1.807, 2.05) is 31.2 Å². The normalized spacial score (nSPS) is 18.1. The zero-order chi connectivity index (χ0) is 17.7. The van der Waals surface area contributed by atoms with Gasteiger partial charge in [0, 0.05) is 0 Å². The summed E-state index contributed by atoms with van der Waals surface area (Å²) in [5.41, 5.74) is 3.46. The predicted octanol–water partition coefficient (Wildman–Crippen LogP) is 2.91. The molecule has 2 aliphatic rings. The Labute approximate surface area is 149 Å². The van der Waals surface area contributed by atoms with Gasteiger partial charge in [0.15, 0.2) is 22.1 Å². The molecule has 1 unspecified atom stereocenters. The highest BCUT2D eigenvalue weighted by Crippen LogP contribution is 2.43. The Morgan fingerprint density at radius 2 is 1.81 bits per heavy atom. The lowest BCUT2D eigenvalue weighted by atomic mass is 10.1. The Morgan fingerprint density at radius 3 is 2.46 bits per heavy atom. The number of benzene rings is 2. The number of aryl methyl sites for hydroxylation is 1. The smallest absolute Gasteiger partial charge is 0.289 e.